The van der Waals surface area contributed by atoms with E-state index in [0.717, 1.165) is 23.3 Å². The standard InChI is InChI=1S/C22H27N3O5S/c1-3-5-12-30-15-8-6-14(7-9-15)20(27)24-21-18(19(23)26)16-10-11-25(13-17(16)31-21)22(28)29-4-2/h6-9H,3-5,10-13H2,1-2H3,(H2,23,26)(H,24,27). The summed E-state index contributed by atoms with van der Waals surface area (Å²) in [7, 11) is 0. The monoisotopic (exact) mass is 445 g/mol. The Balaban J connectivity index is 1.75. The molecule has 0 fully saturated rings. The second-order valence-electron chi connectivity index (χ2n) is 7.12. The van der Waals surface area contributed by atoms with Crippen LogP contribution in [-0.2, 0) is 17.7 Å². The van der Waals surface area contributed by atoms with Crippen molar-refractivity contribution in [3.63, 3.8) is 0 Å². The number of fused-ring (bicyclic) bond motifs is 1. The Kier molecular flexibility index (Phi) is 7.51. The second kappa shape index (κ2) is 10.3. The van der Waals surface area contributed by atoms with Crippen molar-refractivity contribution < 1.29 is 23.9 Å². The van der Waals surface area contributed by atoms with Crippen molar-refractivity contribution in [2.45, 2.75) is 39.7 Å². The summed E-state index contributed by atoms with van der Waals surface area (Å²) < 4.78 is 10.7. The average molecular weight is 446 g/mol. The molecule has 0 saturated heterocycles. The summed E-state index contributed by atoms with van der Waals surface area (Å²) in [6.07, 6.45) is 2.09. The number of hydrogen-bond acceptors (Lipinski definition) is 6. The van der Waals surface area contributed by atoms with Crippen LogP contribution in [0, 0.1) is 0 Å². The van der Waals surface area contributed by atoms with E-state index in [0.29, 0.717) is 54.6 Å². The minimum absolute atomic E-state index is 0.295. The van der Waals surface area contributed by atoms with Gasteiger partial charge in [-0.3, -0.25) is 9.59 Å². The highest BCUT2D eigenvalue weighted by Crippen LogP contribution is 2.37. The number of carbonyl (C=O) groups is 3. The number of carbonyl (C=O) groups excluding carboxylic acids is 3. The van der Waals surface area contributed by atoms with E-state index in [2.05, 4.69) is 12.2 Å². The number of nitrogens with two attached hydrogens (primary N) is 1. The van der Waals surface area contributed by atoms with Gasteiger partial charge in [-0.05, 0) is 49.6 Å². The number of nitrogens with zero attached hydrogens (tertiary/aromatic N) is 1. The topological polar surface area (TPSA) is 111 Å². The number of rotatable bonds is 8. The van der Waals surface area contributed by atoms with Crippen LogP contribution in [0.4, 0.5) is 9.80 Å². The van der Waals surface area contributed by atoms with Gasteiger partial charge in [0.25, 0.3) is 11.8 Å². The molecule has 0 spiro atoms. The van der Waals surface area contributed by atoms with Crippen molar-refractivity contribution in [2.24, 2.45) is 5.73 Å². The first-order chi connectivity index (χ1) is 14.9. The highest BCUT2D eigenvalue weighted by molar-refractivity contribution is 7.17. The van der Waals surface area contributed by atoms with E-state index in [-0.39, 0.29) is 5.91 Å². The molecule has 0 saturated carbocycles. The molecule has 0 bridgehead atoms. The van der Waals surface area contributed by atoms with Crippen molar-refractivity contribution in [1.82, 2.24) is 4.90 Å². The van der Waals surface area contributed by atoms with Crippen molar-refractivity contribution >= 4 is 34.2 Å². The van der Waals surface area contributed by atoms with E-state index < -0.39 is 12.0 Å². The first kappa shape index (κ1) is 22.6. The average Bonchev–Trinajstić information content (AvgIpc) is 3.11. The van der Waals surface area contributed by atoms with Gasteiger partial charge in [-0.2, -0.15) is 0 Å². The van der Waals surface area contributed by atoms with Gasteiger partial charge in [0.05, 0.1) is 25.3 Å². The number of unbranched alkanes of at least 4 members (excludes halogenated alkanes) is 1. The van der Waals surface area contributed by atoms with E-state index >= 15 is 0 Å². The Bertz CT molecular complexity index is 955. The van der Waals surface area contributed by atoms with Crippen LogP contribution in [0.3, 0.4) is 0 Å². The summed E-state index contributed by atoms with van der Waals surface area (Å²) in [6.45, 7) is 5.51. The van der Waals surface area contributed by atoms with Crippen LogP contribution in [0.5, 0.6) is 5.75 Å². The quantitative estimate of drug-likeness (QED) is 0.601. The maximum Gasteiger partial charge on any atom is 0.410 e. The van der Waals surface area contributed by atoms with Gasteiger partial charge in [-0.25, -0.2) is 4.79 Å². The summed E-state index contributed by atoms with van der Waals surface area (Å²) >= 11 is 1.26. The van der Waals surface area contributed by atoms with Crippen LogP contribution >= 0.6 is 11.3 Å². The van der Waals surface area contributed by atoms with Crippen molar-refractivity contribution in [2.75, 3.05) is 25.1 Å². The molecule has 1 aromatic carbocycles. The van der Waals surface area contributed by atoms with Gasteiger partial charge < -0.3 is 25.4 Å². The lowest BCUT2D eigenvalue weighted by Crippen LogP contribution is -2.36. The molecular weight excluding hydrogens is 418 g/mol. The smallest absolute Gasteiger partial charge is 0.410 e. The number of anilines is 1. The van der Waals surface area contributed by atoms with E-state index in [9.17, 15) is 14.4 Å². The fraction of sp³-hybridized carbons (Fsp3) is 0.409. The Morgan fingerprint density at radius 1 is 1.19 bits per heavy atom. The number of ether oxygens (including phenoxy) is 2. The predicted molar refractivity (Wildman–Crippen MR) is 119 cm³/mol. The second-order valence-corrected chi connectivity index (χ2v) is 8.23. The Labute approximate surface area is 185 Å². The molecule has 1 aromatic heterocycles. The Morgan fingerprint density at radius 3 is 2.58 bits per heavy atom. The SMILES string of the molecule is CCCCOc1ccc(C(=O)Nc2sc3c(c2C(N)=O)CCN(C(=O)OCC)C3)cc1. The molecule has 3 rings (SSSR count). The van der Waals surface area contributed by atoms with Gasteiger partial charge in [0.2, 0.25) is 0 Å². The molecule has 0 radical (unpaired) electrons. The molecule has 1 aliphatic rings. The molecule has 0 atom stereocenters. The molecule has 0 aliphatic carbocycles. The number of nitrogens with one attached hydrogen (secondary N) is 1. The van der Waals surface area contributed by atoms with E-state index in [1.165, 1.54) is 11.3 Å². The molecular formula is C22H27N3O5S. The summed E-state index contributed by atoms with van der Waals surface area (Å²) in [5, 5.41) is 3.21. The molecule has 8 nitrogen and oxygen atoms in total. The summed E-state index contributed by atoms with van der Waals surface area (Å²) in [5.74, 6) is -0.242. The van der Waals surface area contributed by atoms with Gasteiger partial charge >= 0.3 is 6.09 Å². The molecule has 31 heavy (non-hydrogen) atoms. The first-order valence-corrected chi connectivity index (χ1v) is 11.2. The highest BCUT2D eigenvalue weighted by atomic mass is 32.1. The number of hydrogen-bond donors (Lipinski definition) is 2. The van der Waals surface area contributed by atoms with Gasteiger partial charge in [-0.15, -0.1) is 11.3 Å². The predicted octanol–water partition coefficient (Wildman–Crippen LogP) is 3.79. The number of benzene rings is 1. The number of primary amides is 1. The molecule has 9 heteroatoms. The van der Waals surface area contributed by atoms with Crippen LogP contribution in [0.1, 0.15) is 57.8 Å². The summed E-state index contributed by atoms with van der Waals surface area (Å²) in [6, 6.07) is 6.85. The van der Waals surface area contributed by atoms with Crippen LogP contribution in [-0.4, -0.2) is 42.6 Å². The zero-order valence-electron chi connectivity index (χ0n) is 17.7. The van der Waals surface area contributed by atoms with Gasteiger partial charge in [0.15, 0.2) is 0 Å². The fourth-order valence-electron chi connectivity index (χ4n) is 3.33. The molecule has 3 N–H and O–H groups in total. The zero-order chi connectivity index (χ0) is 22.4. The molecule has 3 amide bonds. The molecule has 0 unspecified atom stereocenters. The van der Waals surface area contributed by atoms with Gasteiger partial charge in [-0.1, -0.05) is 13.3 Å². The lowest BCUT2D eigenvalue weighted by Gasteiger charge is -2.26. The Morgan fingerprint density at radius 2 is 1.94 bits per heavy atom. The summed E-state index contributed by atoms with van der Waals surface area (Å²) in [4.78, 5) is 39.3. The maximum atomic E-state index is 12.7. The largest absolute Gasteiger partial charge is 0.494 e. The van der Waals surface area contributed by atoms with Gasteiger partial charge in [0.1, 0.15) is 10.8 Å². The maximum absolute atomic E-state index is 12.7. The van der Waals surface area contributed by atoms with Crippen LogP contribution in [0.25, 0.3) is 0 Å². The third-order valence-electron chi connectivity index (χ3n) is 4.94. The normalized spacial score (nSPS) is 12.8. The minimum Gasteiger partial charge on any atom is -0.494 e. The van der Waals surface area contributed by atoms with Crippen molar-refractivity contribution in [3.8, 4) is 5.75 Å². The third kappa shape index (κ3) is 5.35. The number of thiophene rings is 1. The van der Waals surface area contributed by atoms with Crippen LogP contribution in [0.2, 0.25) is 0 Å². The number of amides is 3. The lowest BCUT2D eigenvalue weighted by atomic mass is 10.0. The minimum atomic E-state index is -0.600. The molecule has 2 aromatic rings. The van der Waals surface area contributed by atoms with E-state index in [1.54, 1.807) is 36.1 Å². The van der Waals surface area contributed by atoms with Gasteiger partial charge in [0, 0.05) is 17.0 Å². The molecule has 166 valence electrons. The van der Waals surface area contributed by atoms with Crippen LogP contribution in [0.15, 0.2) is 24.3 Å². The van der Waals surface area contributed by atoms with Crippen LogP contribution < -0.4 is 15.8 Å². The fourth-order valence-corrected chi connectivity index (χ4v) is 4.60. The van der Waals surface area contributed by atoms with E-state index in [1.807, 2.05) is 0 Å². The van der Waals surface area contributed by atoms with Crippen molar-refractivity contribution in [3.05, 3.63) is 45.8 Å². The lowest BCUT2D eigenvalue weighted by molar-refractivity contribution is 0.0997. The zero-order valence-corrected chi connectivity index (χ0v) is 18.5. The highest BCUT2D eigenvalue weighted by Gasteiger charge is 2.30. The third-order valence-corrected chi connectivity index (χ3v) is 6.07. The molecule has 2 heterocycles. The van der Waals surface area contributed by atoms with Crippen molar-refractivity contribution in [1.29, 1.82) is 0 Å². The molecule has 1 aliphatic heterocycles. The first-order valence-electron chi connectivity index (χ1n) is 10.3. The Hall–Kier alpha value is -3.07. The summed E-state index contributed by atoms with van der Waals surface area (Å²) in [5.41, 5.74) is 7.16. The van der Waals surface area contributed by atoms with E-state index in [4.69, 9.17) is 15.2 Å².